The molecule has 1 fully saturated rings. The third-order valence-corrected chi connectivity index (χ3v) is 4.19. The summed E-state index contributed by atoms with van der Waals surface area (Å²) in [6.45, 7) is 10.1. The average Bonchev–Trinajstić information content (AvgIpc) is 2.38. The van der Waals surface area contributed by atoms with Crippen molar-refractivity contribution >= 4 is 5.91 Å². The fourth-order valence-electron chi connectivity index (χ4n) is 3.12. The topological polar surface area (TPSA) is 32.3 Å². The van der Waals surface area contributed by atoms with Crippen molar-refractivity contribution < 1.29 is 4.79 Å². The average molecular weight is 282 g/mol. The third-order valence-electron chi connectivity index (χ3n) is 4.19. The monoisotopic (exact) mass is 282 g/mol. The van der Waals surface area contributed by atoms with Gasteiger partial charge in [-0.25, -0.2) is 0 Å². The summed E-state index contributed by atoms with van der Waals surface area (Å²) in [4.78, 5) is 14.4. The van der Waals surface area contributed by atoms with E-state index in [0.29, 0.717) is 6.42 Å². The van der Waals surface area contributed by atoms with Crippen LogP contribution in [0.3, 0.4) is 0 Å². The second kappa shape index (κ2) is 10.2. The maximum atomic E-state index is 11.9. The van der Waals surface area contributed by atoms with E-state index in [0.717, 1.165) is 18.9 Å². The Hall–Kier alpha value is -0.570. The number of carbonyl (C=O) groups excluding carboxylic acids is 1. The Kier molecular flexibility index (Phi) is 8.92. The predicted molar refractivity (Wildman–Crippen MR) is 85.8 cm³/mol. The van der Waals surface area contributed by atoms with Gasteiger partial charge in [-0.1, -0.05) is 39.5 Å². The molecular weight excluding hydrogens is 248 g/mol. The Morgan fingerprint density at radius 3 is 2.75 bits per heavy atom. The van der Waals surface area contributed by atoms with Gasteiger partial charge in [0.05, 0.1) is 0 Å². The quantitative estimate of drug-likeness (QED) is 0.656. The lowest BCUT2D eigenvalue weighted by atomic mass is 10.00. The molecule has 2 unspecified atom stereocenters. The Balaban J connectivity index is 2.08. The van der Waals surface area contributed by atoms with Crippen LogP contribution in [0.15, 0.2) is 0 Å². The number of amides is 1. The molecule has 0 aromatic heterocycles. The predicted octanol–water partition coefficient (Wildman–Crippen LogP) is 3.58. The molecule has 1 aliphatic heterocycles. The first-order valence-corrected chi connectivity index (χ1v) is 8.63. The molecule has 3 nitrogen and oxygen atoms in total. The van der Waals surface area contributed by atoms with Crippen LogP contribution in [-0.4, -0.2) is 36.5 Å². The molecule has 0 saturated carbocycles. The van der Waals surface area contributed by atoms with Gasteiger partial charge < -0.3 is 10.2 Å². The second-order valence-corrected chi connectivity index (χ2v) is 6.64. The minimum absolute atomic E-state index is 0.235. The summed E-state index contributed by atoms with van der Waals surface area (Å²) in [5.74, 6) is 1.05. The van der Waals surface area contributed by atoms with E-state index in [2.05, 4.69) is 31.0 Å². The molecule has 3 heteroatoms. The van der Waals surface area contributed by atoms with Gasteiger partial charge in [0.15, 0.2) is 0 Å². The number of rotatable bonds is 9. The van der Waals surface area contributed by atoms with Crippen LogP contribution in [0.4, 0.5) is 0 Å². The van der Waals surface area contributed by atoms with Crippen LogP contribution in [0.2, 0.25) is 0 Å². The summed E-state index contributed by atoms with van der Waals surface area (Å²) < 4.78 is 0. The maximum absolute atomic E-state index is 11.9. The molecule has 0 aromatic carbocycles. The summed E-state index contributed by atoms with van der Waals surface area (Å²) in [5, 5.41) is 3.15. The van der Waals surface area contributed by atoms with Gasteiger partial charge in [0.1, 0.15) is 0 Å². The molecule has 0 radical (unpaired) electrons. The molecular formula is C17H34N2O. The number of nitrogens with zero attached hydrogens (tertiary/aromatic N) is 1. The number of hydrogen-bond acceptors (Lipinski definition) is 2. The van der Waals surface area contributed by atoms with E-state index in [-0.39, 0.29) is 11.9 Å². The largest absolute Gasteiger partial charge is 0.352 e. The molecule has 1 aliphatic rings. The highest BCUT2D eigenvalue weighted by Gasteiger charge is 2.18. The number of carbonyl (C=O) groups is 1. The van der Waals surface area contributed by atoms with Crippen molar-refractivity contribution in [3.05, 3.63) is 0 Å². The third kappa shape index (κ3) is 7.88. The van der Waals surface area contributed by atoms with Gasteiger partial charge in [-0.15, -0.1) is 0 Å². The van der Waals surface area contributed by atoms with E-state index < -0.39 is 0 Å². The fourth-order valence-corrected chi connectivity index (χ4v) is 3.12. The lowest BCUT2D eigenvalue weighted by Crippen LogP contribution is -2.45. The summed E-state index contributed by atoms with van der Waals surface area (Å²) >= 11 is 0. The SMILES string of the molecule is CCCCCCCC(=O)NC(C)CN1CCCC(C)C1. The van der Waals surface area contributed by atoms with E-state index in [9.17, 15) is 4.79 Å². The Bertz CT molecular complexity index is 268. The molecule has 0 aromatic rings. The first kappa shape index (κ1) is 17.5. The molecule has 2 atom stereocenters. The van der Waals surface area contributed by atoms with Crippen LogP contribution < -0.4 is 5.32 Å². The smallest absolute Gasteiger partial charge is 0.220 e. The van der Waals surface area contributed by atoms with Crippen molar-refractivity contribution in [1.29, 1.82) is 0 Å². The second-order valence-electron chi connectivity index (χ2n) is 6.64. The number of hydrogen-bond donors (Lipinski definition) is 1. The van der Waals surface area contributed by atoms with Gasteiger partial charge in [-0.3, -0.25) is 4.79 Å². The van der Waals surface area contributed by atoms with Gasteiger partial charge in [-0.05, 0) is 38.6 Å². The van der Waals surface area contributed by atoms with Gasteiger partial charge in [0.2, 0.25) is 5.91 Å². The maximum Gasteiger partial charge on any atom is 0.220 e. The number of likely N-dealkylation sites (tertiary alicyclic amines) is 1. The first-order chi connectivity index (χ1) is 9.61. The van der Waals surface area contributed by atoms with Crippen molar-refractivity contribution in [2.75, 3.05) is 19.6 Å². The summed E-state index contributed by atoms with van der Waals surface area (Å²) in [6, 6.07) is 0.281. The van der Waals surface area contributed by atoms with Crippen molar-refractivity contribution in [3.8, 4) is 0 Å². The van der Waals surface area contributed by atoms with Crippen LogP contribution in [0.1, 0.15) is 72.1 Å². The van der Waals surface area contributed by atoms with Crippen LogP contribution in [0.25, 0.3) is 0 Å². The number of unbranched alkanes of at least 4 members (excludes halogenated alkanes) is 4. The van der Waals surface area contributed by atoms with Crippen molar-refractivity contribution in [3.63, 3.8) is 0 Å². The van der Waals surface area contributed by atoms with Crippen LogP contribution in [0, 0.1) is 5.92 Å². The van der Waals surface area contributed by atoms with Crippen molar-refractivity contribution in [2.24, 2.45) is 5.92 Å². The molecule has 1 amide bonds. The standard InChI is InChI=1S/C17H34N2O/c1-4-5-6-7-8-11-17(20)18-16(3)14-19-12-9-10-15(2)13-19/h15-16H,4-14H2,1-3H3,(H,18,20). The molecule has 118 valence electrons. The van der Waals surface area contributed by atoms with Gasteiger partial charge >= 0.3 is 0 Å². The molecule has 0 spiro atoms. The highest BCUT2D eigenvalue weighted by molar-refractivity contribution is 5.76. The molecule has 1 rings (SSSR count). The van der Waals surface area contributed by atoms with Crippen molar-refractivity contribution in [1.82, 2.24) is 10.2 Å². The minimum Gasteiger partial charge on any atom is -0.352 e. The molecule has 1 N–H and O–H groups in total. The zero-order valence-corrected chi connectivity index (χ0v) is 13.8. The zero-order valence-electron chi connectivity index (χ0n) is 13.8. The van der Waals surface area contributed by atoms with Crippen molar-refractivity contribution in [2.45, 2.75) is 78.2 Å². The molecule has 20 heavy (non-hydrogen) atoms. The van der Waals surface area contributed by atoms with E-state index >= 15 is 0 Å². The zero-order chi connectivity index (χ0) is 14.8. The fraction of sp³-hybridized carbons (Fsp3) is 0.941. The summed E-state index contributed by atoms with van der Waals surface area (Å²) in [7, 11) is 0. The van der Waals surface area contributed by atoms with E-state index in [1.807, 2.05) is 0 Å². The van der Waals surface area contributed by atoms with Gasteiger partial charge in [-0.2, -0.15) is 0 Å². The van der Waals surface area contributed by atoms with E-state index in [4.69, 9.17) is 0 Å². The normalized spacial score (nSPS) is 21.6. The Morgan fingerprint density at radius 1 is 1.30 bits per heavy atom. The number of piperidine rings is 1. The molecule has 1 heterocycles. The molecule has 1 saturated heterocycles. The Labute approximate surface area is 125 Å². The van der Waals surface area contributed by atoms with E-state index in [1.54, 1.807) is 0 Å². The summed E-state index contributed by atoms with van der Waals surface area (Å²) in [6.07, 6.45) is 9.42. The van der Waals surface area contributed by atoms with Crippen LogP contribution in [-0.2, 0) is 4.79 Å². The highest BCUT2D eigenvalue weighted by Crippen LogP contribution is 2.15. The molecule has 0 aliphatic carbocycles. The lowest BCUT2D eigenvalue weighted by Gasteiger charge is -2.32. The Morgan fingerprint density at radius 2 is 2.05 bits per heavy atom. The first-order valence-electron chi connectivity index (χ1n) is 8.63. The highest BCUT2D eigenvalue weighted by atomic mass is 16.1. The number of nitrogens with one attached hydrogen (secondary N) is 1. The minimum atomic E-state index is 0.235. The lowest BCUT2D eigenvalue weighted by molar-refractivity contribution is -0.121. The molecule has 0 bridgehead atoms. The van der Waals surface area contributed by atoms with Gasteiger partial charge in [0, 0.05) is 25.6 Å². The summed E-state index contributed by atoms with van der Waals surface area (Å²) in [5.41, 5.74) is 0. The van der Waals surface area contributed by atoms with Crippen LogP contribution in [0.5, 0.6) is 0 Å². The van der Waals surface area contributed by atoms with Gasteiger partial charge in [0.25, 0.3) is 0 Å². The van der Waals surface area contributed by atoms with E-state index in [1.165, 1.54) is 51.6 Å². The van der Waals surface area contributed by atoms with Crippen LogP contribution >= 0.6 is 0 Å².